The Morgan fingerprint density at radius 2 is 2.08 bits per heavy atom. The fraction of sp³-hybridized carbons (Fsp3) is 0.636. The topological polar surface area (TPSA) is 12.0 Å². The molecule has 0 aliphatic heterocycles. The fourth-order valence-corrected chi connectivity index (χ4v) is 2.29. The Hall–Kier alpha value is -0.560. The summed E-state index contributed by atoms with van der Waals surface area (Å²) < 4.78 is 0. The van der Waals surface area contributed by atoms with Crippen LogP contribution in [0.1, 0.15) is 20.8 Å². The van der Waals surface area contributed by atoms with Gasteiger partial charge in [-0.05, 0) is 6.92 Å². The number of rotatable bonds is 3. The second kappa shape index (κ2) is 2.74. The molecular weight excluding hydrogens is 146 g/mol. The van der Waals surface area contributed by atoms with E-state index < -0.39 is 0 Å². The molecule has 2 rings (SSSR count). The van der Waals surface area contributed by atoms with E-state index in [4.69, 9.17) is 0 Å². The average Bonchev–Trinajstić information content (AvgIpc) is 2.45. The fourth-order valence-electron chi connectivity index (χ4n) is 2.29. The van der Waals surface area contributed by atoms with Crippen LogP contribution in [0.15, 0.2) is 23.8 Å². The van der Waals surface area contributed by atoms with Gasteiger partial charge in [-0.2, -0.15) is 0 Å². The van der Waals surface area contributed by atoms with Crippen molar-refractivity contribution in [2.45, 2.75) is 32.9 Å². The Balaban J connectivity index is 1.88. The third-order valence-electron chi connectivity index (χ3n) is 2.79. The summed E-state index contributed by atoms with van der Waals surface area (Å²) in [7, 11) is 0. The molecule has 0 aromatic carbocycles. The standard InChI is InChI=1S/C11H17N/c1-7(2)12-8(3)11-9-5-4-6-10(9)11/h4-9,11-12H,1-3H3. The second-order valence-corrected chi connectivity index (χ2v) is 4.21. The molecule has 12 heavy (non-hydrogen) atoms. The highest BCUT2D eigenvalue weighted by molar-refractivity contribution is 5.45. The average molecular weight is 163 g/mol. The van der Waals surface area contributed by atoms with Gasteiger partial charge in [0.05, 0.1) is 0 Å². The number of hydrogen-bond donors (Lipinski definition) is 1. The molecule has 1 N–H and O–H groups in total. The molecule has 0 amide bonds. The van der Waals surface area contributed by atoms with E-state index in [-0.39, 0.29) is 0 Å². The van der Waals surface area contributed by atoms with Crippen LogP contribution < -0.4 is 5.32 Å². The monoisotopic (exact) mass is 163 g/mol. The van der Waals surface area contributed by atoms with E-state index in [2.05, 4.69) is 44.3 Å². The lowest BCUT2D eigenvalue weighted by Gasteiger charge is -2.16. The Bertz CT molecular complexity index is 237. The van der Waals surface area contributed by atoms with Gasteiger partial charge in [-0.25, -0.2) is 0 Å². The quantitative estimate of drug-likeness (QED) is 0.672. The molecular formula is C11H17N. The van der Waals surface area contributed by atoms with Gasteiger partial charge in [-0.15, -0.1) is 0 Å². The molecule has 0 bridgehead atoms. The van der Waals surface area contributed by atoms with Crippen LogP contribution in [0.3, 0.4) is 0 Å². The second-order valence-electron chi connectivity index (χ2n) is 4.21. The number of nitrogens with one attached hydrogen (secondary N) is 1. The highest BCUT2D eigenvalue weighted by atomic mass is 15.0. The van der Waals surface area contributed by atoms with Crippen molar-refractivity contribution in [3.8, 4) is 0 Å². The molecule has 2 aliphatic rings. The van der Waals surface area contributed by atoms with Gasteiger partial charge < -0.3 is 5.32 Å². The van der Waals surface area contributed by atoms with E-state index in [0.29, 0.717) is 12.1 Å². The zero-order valence-corrected chi connectivity index (χ0v) is 8.04. The van der Waals surface area contributed by atoms with Crippen molar-refractivity contribution in [1.29, 1.82) is 0 Å². The normalized spacial score (nSPS) is 33.5. The van der Waals surface area contributed by atoms with Crippen molar-refractivity contribution >= 4 is 0 Å². The summed E-state index contributed by atoms with van der Waals surface area (Å²) in [5.74, 6) is 1.59. The lowest BCUT2D eigenvalue weighted by molar-refractivity contribution is 0.447. The first-order chi connectivity index (χ1) is 5.70. The Morgan fingerprint density at radius 3 is 2.58 bits per heavy atom. The first kappa shape index (κ1) is 8.06. The Labute approximate surface area is 74.5 Å². The molecule has 66 valence electrons. The van der Waals surface area contributed by atoms with E-state index in [1.165, 1.54) is 0 Å². The molecule has 0 heterocycles. The van der Waals surface area contributed by atoms with Gasteiger partial charge in [-0.1, -0.05) is 37.6 Å². The molecule has 2 aliphatic carbocycles. The molecule has 0 radical (unpaired) electrons. The van der Waals surface area contributed by atoms with Gasteiger partial charge in [0, 0.05) is 23.9 Å². The molecule has 1 fully saturated rings. The van der Waals surface area contributed by atoms with Crippen LogP contribution >= 0.6 is 0 Å². The Kier molecular flexibility index (Phi) is 1.84. The van der Waals surface area contributed by atoms with Gasteiger partial charge in [0.2, 0.25) is 0 Å². The van der Waals surface area contributed by atoms with Crippen molar-refractivity contribution in [2.75, 3.05) is 0 Å². The minimum absolute atomic E-state index is 0.603. The molecule has 0 aromatic heterocycles. The molecule has 3 atom stereocenters. The van der Waals surface area contributed by atoms with Gasteiger partial charge >= 0.3 is 0 Å². The van der Waals surface area contributed by atoms with Gasteiger partial charge in [-0.3, -0.25) is 0 Å². The van der Waals surface area contributed by atoms with Crippen LogP contribution in [0.5, 0.6) is 0 Å². The Morgan fingerprint density at radius 1 is 1.33 bits per heavy atom. The highest BCUT2D eigenvalue weighted by Gasteiger charge is 2.46. The summed E-state index contributed by atoms with van der Waals surface area (Å²) in [5, 5.41) is 3.56. The summed E-state index contributed by atoms with van der Waals surface area (Å²) in [6.45, 7) is 6.70. The third kappa shape index (κ3) is 1.22. The van der Waals surface area contributed by atoms with Crippen LogP contribution in [-0.4, -0.2) is 12.1 Å². The van der Waals surface area contributed by atoms with Gasteiger partial charge in [0.15, 0.2) is 0 Å². The number of fused-ring (bicyclic) bond motifs is 1. The van der Waals surface area contributed by atoms with Crippen LogP contribution in [0, 0.1) is 11.8 Å². The maximum absolute atomic E-state index is 3.56. The zero-order valence-electron chi connectivity index (χ0n) is 8.04. The highest BCUT2D eigenvalue weighted by Crippen LogP contribution is 2.51. The largest absolute Gasteiger partial charge is 0.311 e. The summed E-state index contributed by atoms with van der Waals surface area (Å²) in [4.78, 5) is 0. The minimum atomic E-state index is 0.603. The summed E-state index contributed by atoms with van der Waals surface area (Å²) in [6, 6.07) is 1.25. The first-order valence-electron chi connectivity index (χ1n) is 4.84. The number of allylic oxidation sites excluding steroid dienone is 3. The van der Waals surface area contributed by atoms with E-state index in [0.717, 1.165) is 11.8 Å². The predicted molar refractivity (Wildman–Crippen MR) is 51.9 cm³/mol. The van der Waals surface area contributed by atoms with Crippen LogP contribution in [0.4, 0.5) is 0 Å². The summed E-state index contributed by atoms with van der Waals surface area (Å²) >= 11 is 0. The van der Waals surface area contributed by atoms with Crippen molar-refractivity contribution in [1.82, 2.24) is 5.32 Å². The first-order valence-corrected chi connectivity index (χ1v) is 4.84. The number of hydrogen-bond acceptors (Lipinski definition) is 1. The maximum atomic E-state index is 3.56. The smallest absolute Gasteiger partial charge is 0.0116 e. The molecule has 0 aromatic rings. The summed E-state index contributed by atoms with van der Waals surface area (Å²) in [5.41, 5.74) is 1.63. The summed E-state index contributed by atoms with van der Waals surface area (Å²) in [6.07, 6.45) is 6.77. The molecule has 1 saturated carbocycles. The van der Waals surface area contributed by atoms with E-state index in [9.17, 15) is 0 Å². The molecule has 1 nitrogen and oxygen atoms in total. The SMILES string of the molecule is CC(C)NC(C)C1C2=CC=CC21. The lowest BCUT2D eigenvalue weighted by Crippen LogP contribution is -2.34. The molecule has 0 spiro atoms. The molecule has 1 heteroatoms. The zero-order chi connectivity index (χ0) is 8.72. The minimum Gasteiger partial charge on any atom is -0.311 e. The van der Waals surface area contributed by atoms with Crippen LogP contribution in [0.25, 0.3) is 0 Å². The molecule has 3 unspecified atom stereocenters. The molecule has 0 saturated heterocycles. The third-order valence-corrected chi connectivity index (χ3v) is 2.79. The van der Waals surface area contributed by atoms with Crippen molar-refractivity contribution in [3.63, 3.8) is 0 Å². The van der Waals surface area contributed by atoms with Crippen molar-refractivity contribution in [2.24, 2.45) is 11.8 Å². The predicted octanol–water partition coefficient (Wildman–Crippen LogP) is 2.12. The van der Waals surface area contributed by atoms with E-state index in [1.54, 1.807) is 5.57 Å². The van der Waals surface area contributed by atoms with Crippen LogP contribution in [-0.2, 0) is 0 Å². The van der Waals surface area contributed by atoms with E-state index in [1.807, 2.05) is 0 Å². The maximum Gasteiger partial charge on any atom is 0.0116 e. The van der Waals surface area contributed by atoms with Crippen LogP contribution in [0.2, 0.25) is 0 Å². The lowest BCUT2D eigenvalue weighted by atomic mass is 10.1. The van der Waals surface area contributed by atoms with Gasteiger partial charge in [0.1, 0.15) is 0 Å². The van der Waals surface area contributed by atoms with Gasteiger partial charge in [0.25, 0.3) is 0 Å². The van der Waals surface area contributed by atoms with Crippen molar-refractivity contribution < 1.29 is 0 Å². The van der Waals surface area contributed by atoms with Crippen molar-refractivity contribution in [3.05, 3.63) is 23.8 Å². The van der Waals surface area contributed by atoms with E-state index >= 15 is 0 Å².